The van der Waals surface area contributed by atoms with Crippen molar-refractivity contribution in [3.63, 3.8) is 0 Å². The van der Waals surface area contributed by atoms with E-state index in [1.165, 1.54) is 0 Å². The molecule has 0 aliphatic carbocycles. The smallest absolute Gasteiger partial charge is 0.217 e. The Kier molecular flexibility index (Phi) is 4.54. The van der Waals surface area contributed by atoms with Gasteiger partial charge in [-0.3, -0.25) is 9.59 Å². The number of primary amides is 1. The van der Waals surface area contributed by atoms with Gasteiger partial charge in [-0.05, 0) is 25.7 Å². The van der Waals surface area contributed by atoms with Crippen LogP contribution in [-0.4, -0.2) is 35.3 Å². The molecule has 1 aromatic heterocycles. The number of nitrogens with zero attached hydrogens (tertiary/aromatic N) is 3. The fourth-order valence-electron chi connectivity index (χ4n) is 2.51. The van der Waals surface area contributed by atoms with Crippen LogP contribution >= 0.6 is 11.6 Å². The fourth-order valence-corrected chi connectivity index (χ4v) is 2.76. The SMILES string of the molecule is Cc1nc(Cl)c(C=O)c(N2CCC(CC(N)=O)CC2)n1. The van der Waals surface area contributed by atoms with Crippen LogP contribution in [0.3, 0.4) is 0 Å². The van der Waals surface area contributed by atoms with Crippen molar-refractivity contribution in [2.24, 2.45) is 11.7 Å². The third kappa shape index (κ3) is 3.25. The summed E-state index contributed by atoms with van der Waals surface area (Å²) in [5.74, 6) is 1.16. The first kappa shape index (κ1) is 14.7. The van der Waals surface area contributed by atoms with E-state index >= 15 is 0 Å². The monoisotopic (exact) mass is 296 g/mol. The number of aromatic nitrogens is 2. The lowest BCUT2D eigenvalue weighted by Crippen LogP contribution is -2.36. The number of aldehydes is 1. The second-order valence-corrected chi connectivity index (χ2v) is 5.38. The van der Waals surface area contributed by atoms with E-state index in [-0.39, 0.29) is 11.1 Å². The lowest BCUT2D eigenvalue weighted by atomic mass is 9.93. The van der Waals surface area contributed by atoms with E-state index < -0.39 is 0 Å². The van der Waals surface area contributed by atoms with Crippen LogP contribution in [0.25, 0.3) is 0 Å². The molecule has 0 atom stereocenters. The van der Waals surface area contributed by atoms with Gasteiger partial charge in [0, 0.05) is 19.5 Å². The highest BCUT2D eigenvalue weighted by Gasteiger charge is 2.24. The number of rotatable bonds is 4. The van der Waals surface area contributed by atoms with E-state index in [0.717, 1.165) is 25.9 Å². The minimum atomic E-state index is -0.266. The Morgan fingerprint density at radius 2 is 2.10 bits per heavy atom. The average molecular weight is 297 g/mol. The molecule has 7 heteroatoms. The van der Waals surface area contributed by atoms with Crippen molar-refractivity contribution in [1.29, 1.82) is 0 Å². The number of hydrogen-bond donors (Lipinski definition) is 1. The van der Waals surface area contributed by atoms with Gasteiger partial charge < -0.3 is 10.6 Å². The number of piperidine rings is 1. The number of aryl methyl sites for hydroxylation is 1. The summed E-state index contributed by atoms with van der Waals surface area (Å²) < 4.78 is 0. The van der Waals surface area contributed by atoms with E-state index in [2.05, 4.69) is 9.97 Å². The van der Waals surface area contributed by atoms with Gasteiger partial charge in [0.2, 0.25) is 5.91 Å². The molecule has 1 fully saturated rings. The van der Waals surface area contributed by atoms with Gasteiger partial charge >= 0.3 is 0 Å². The van der Waals surface area contributed by atoms with Gasteiger partial charge in [0.1, 0.15) is 16.8 Å². The summed E-state index contributed by atoms with van der Waals surface area (Å²) in [5, 5.41) is 0.182. The first-order valence-electron chi connectivity index (χ1n) is 6.53. The predicted molar refractivity (Wildman–Crippen MR) is 75.9 cm³/mol. The second kappa shape index (κ2) is 6.17. The third-order valence-corrected chi connectivity index (χ3v) is 3.80. The Morgan fingerprint density at radius 1 is 1.45 bits per heavy atom. The zero-order chi connectivity index (χ0) is 14.7. The van der Waals surface area contributed by atoms with E-state index in [0.29, 0.717) is 35.8 Å². The number of carbonyl (C=O) groups excluding carboxylic acids is 2. The zero-order valence-corrected chi connectivity index (χ0v) is 12.1. The highest BCUT2D eigenvalue weighted by atomic mass is 35.5. The largest absolute Gasteiger partial charge is 0.370 e. The third-order valence-electron chi connectivity index (χ3n) is 3.51. The highest BCUT2D eigenvalue weighted by molar-refractivity contribution is 6.32. The van der Waals surface area contributed by atoms with Gasteiger partial charge in [-0.1, -0.05) is 11.6 Å². The molecule has 0 saturated carbocycles. The molecule has 1 aliphatic heterocycles. The number of anilines is 1. The number of nitrogens with two attached hydrogens (primary N) is 1. The lowest BCUT2D eigenvalue weighted by Gasteiger charge is -2.33. The number of amides is 1. The Labute approximate surface area is 122 Å². The van der Waals surface area contributed by atoms with Gasteiger partial charge in [0.05, 0.1) is 5.56 Å². The fraction of sp³-hybridized carbons (Fsp3) is 0.538. The molecule has 1 aliphatic rings. The van der Waals surface area contributed by atoms with Crippen molar-refractivity contribution >= 4 is 29.6 Å². The van der Waals surface area contributed by atoms with Gasteiger partial charge in [-0.25, -0.2) is 9.97 Å². The molecule has 2 N–H and O–H groups in total. The van der Waals surface area contributed by atoms with Gasteiger partial charge in [0.15, 0.2) is 6.29 Å². The maximum absolute atomic E-state index is 11.2. The molecule has 6 nitrogen and oxygen atoms in total. The summed E-state index contributed by atoms with van der Waals surface area (Å²) in [6.07, 6.45) is 2.80. The average Bonchev–Trinajstić information content (AvgIpc) is 2.38. The molecule has 0 unspecified atom stereocenters. The molecular weight excluding hydrogens is 280 g/mol. The van der Waals surface area contributed by atoms with Crippen molar-refractivity contribution in [3.05, 3.63) is 16.5 Å². The first-order valence-corrected chi connectivity index (χ1v) is 6.91. The van der Waals surface area contributed by atoms with Crippen LogP contribution in [0.15, 0.2) is 0 Å². The van der Waals surface area contributed by atoms with Gasteiger partial charge in [-0.15, -0.1) is 0 Å². The normalized spacial score (nSPS) is 16.2. The lowest BCUT2D eigenvalue weighted by molar-refractivity contribution is -0.119. The molecular formula is C13H17ClN4O2. The van der Waals surface area contributed by atoms with Crippen LogP contribution in [0.1, 0.15) is 35.4 Å². The zero-order valence-electron chi connectivity index (χ0n) is 11.3. The summed E-state index contributed by atoms with van der Waals surface area (Å²) in [6, 6.07) is 0. The second-order valence-electron chi connectivity index (χ2n) is 5.02. The Morgan fingerprint density at radius 3 is 2.65 bits per heavy atom. The van der Waals surface area contributed by atoms with Crippen LogP contribution in [0.4, 0.5) is 5.82 Å². The first-order chi connectivity index (χ1) is 9.51. The summed E-state index contributed by atoms with van der Waals surface area (Å²) in [7, 11) is 0. The quantitative estimate of drug-likeness (QED) is 0.669. The molecule has 1 aromatic rings. The maximum atomic E-state index is 11.2. The molecule has 2 rings (SSSR count). The van der Waals surface area contributed by atoms with Crippen molar-refractivity contribution in [3.8, 4) is 0 Å². The number of carbonyl (C=O) groups is 2. The van der Waals surface area contributed by atoms with Crippen LogP contribution in [0.5, 0.6) is 0 Å². The molecule has 1 saturated heterocycles. The predicted octanol–water partition coefficient (Wildman–Crippen LogP) is 1.34. The van der Waals surface area contributed by atoms with Crippen LogP contribution in [-0.2, 0) is 4.79 Å². The Hall–Kier alpha value is -1.69. The summed E-state index contributed by atoms with van der Waals surface area (Å²) in [5.41, 5.74) is 5.54. The maximum Gasteiger partial charge on any atom is 0.217 e. The topological polar surface area (TPSA) is 89.2 Å². The molecule has 0 spiro atoms. The van der Waals surface area contributed by atoms with Crippen molar-refractivity contribution < 1.29 is 9.59 Å². The van der Waals surface area contributed by atoms with Crippen LogP contribution in [0, 0.1) is 12.8 Å². The van der Waals surface area contributed by atoms with E-state index in [1.807, 2.05) is 4.90 Å². The number of halogens is 1. The van der Waals surface area contributed by atoms with Crippen molar-refractivity contribution in [1.82, 2.24) is 9.97 Å². The molecule has 2 heterocycles. The van der Waals surface area contributed by atoms with E-state index in [1.54, 1.807) is 6.92 Å². The standard InChI is InChI=1S/C13H17ClN4O2/c1-8-16-12(14)10(7-19)13(17-8)18-4-2-9(3-5-18)6-11(15)20/h7,9H,2-6H2,1H3,(H2,15,20). The Bertz CT molecular complexity index is 527. The molecule has 1 amide bonds. The minimum absolute atomic E-state index is 0.182. The molecule has 0 radical (unpaired) electrons. The van der Waals surface area contributed by atoms with Crippen LogP contribution < -0.4 is 10.6 Å². The molecule has 108 valence electrons. The van der Waals surface area contributed by atoms with Gasteiger partial charge in [0.25, 0.3) is 0 Å². The summed E-state index contributed by atoms with van der Waals surface area (Å²) >= 11 is 5.98. The molecule has 0 bridgehead atoms. The highest BCUT2D eigenvalue weighted by Crippen LogP contribution is 2.28. The van der Waals surface area contributed by atoms with E-state index in [4.69, 9.17) is 17.3 Å². The Balaban J connectivity index is 2.14. The molecule has 0 aromatic carbocycles. The minimum Gasteiger partial charge on any atom is -0.370 e. The van der Waals surface area contributed by atoms with Gasteiger partial charge in [-0.2, -0.15) is 0 Å². The summed E-state index contributed by atoms with van der Waals surface area (Å²) in [4.78, 5) is 32.4. The van der Waals surface area contributed by atoms with Crippen molar-refractivity contribution in [2.45, 2.75) is 26.2 Å². The number of hydrogen-bond acceptors (Lipinski definition) is 5. The molecule has 20 heavy (non-hydrogen) atoms. The van der Waals surface area contributed by atoms with E-state index in [9.17, 15) is 9.59 Å². The van der Waals surface area contributed by atoms with Crippen molar-refractivity contribution in [2.75, 3.05) is 18.0 Å². The van der Waals surface area contributed by atoms with Crippen LogP contribution in [0.2, 0.25) is 5.15 Å². The summed E-state index contributed by atoms with van der Waals surface area (Å²) in [6.45, 7) is 3.20.